The first-order chi connectivity index (χ1) is 15.1. The monoisotopic (exact) mass is 444 g/mol. The van der Waals surface area contributed by atoms with Crippen LogP contribution in [0, 0.1) is 0 Å². The Hall–Kier alpha value is -2.65. The van der Waals surface area contributed by atoms with E-state index in [9.17, 15) is 14.7 Å². The van der Waals surface area contributed by atoms with Gasteiger partial charge in [-0.05, 0) is 36.5 Å². The quantitative estimate of drug-likeness (QED) is 0.649. The van der Waals surface area contributed by atoms with Gasteiger partial charge in [-0.25, -0.2) is 9.78 Å². The number of piperazine rings is 1. The van der Waals surface area contributed by atoms with E-state index in [1.807, 2.05) is 11.4 Å². The van der Waals surface area contributed by atoms with Crippen LogP contribution in [-0.4, -0.2) is 59.8 Å². The molecule has 1 saturated carbocycles. The van der Waals surface area contributed by atoms with Crippen molar-refractivity contribution in [1.29, 1.82) is 0 Å². The molecular formula is C22H28N4O4S. The van der Waals surface area contributed by atoms with E-state index in [4.69, 9.17) is 4.74 Å². The number of hydrogen-bond acceptors (Lipinski definition) is 6. The predicted molar refractivity (Wildman–Crippen MR) is 120 cm³/mol. The summed E-state index contributed by atoms with van der Waals surface area (Å²) in [5, 5.41) is 17.6. The molecule has 1 aliphatic heterocycles. The van der Waals surface area contributed by atoms with Gasteiger partial charge in [0, 0.05) is 30.6 Å². The Labute approximate surface area is 185 Å². The molecule has 2 aromatic rings. The molecule has 2 aliphatic rings. The maximum Gasteiger partial charge on any atom is 0.408 e. The average Bonchev–Trinajstić information content (AvgIpc) is 3.27. The fraction of sp³-hybridized carbons (Fsp3) is 0.500. The van der Waals surface area contributed by atoms with Gasteiger partial charge in [0.05, 0.1) is 12.8 Å². The normalized spacial score (nSPS) is 19.8. The summed E-state index contributed by atoms with van der Waals surface area (Å²) in [5.41, 5.74) is 2.96. The van der Waals surface area contributed by atoms with Gasteiger partial charge in [-0.1, -0.05) is 25.3 Å². The van der Waals surface area contributed by atoms with Gasteiger partial charge in [-0.15, -0.1) is 11.3 Å². The Balaban J connectivity index is 1.52. The molecule has 8 nitrogen and oxygen atoms in total. The third-order valence-electron chi connectivity index (χ3n) is 6.10. The third-order valence-corrected chi connectivity index (χ3v) is 6.86. The number of nitrogens with one attached hydrogen (secondary N) is 2. The molecule has 1 aromatic heterocycles. The summed E-state index contributed by atoms with van der Waals surface area (Å²) in [7, 11) is 1.64. The minimum Gasteiger partial charge on any atom is -0.496 e. The zero-order chi connectivity index (χ0) is 21.8. The van der Waals surface area contributed by atoms with E-state index < -0.39 is 12.1 Å². The smallest absolute Gasteiger partial charge is 0.408 e. The lowest BCUT2D eigenvalue weighted by Crippen LogP contribution is -2.58. The van der Waals surface area contributed by atoms with E-state index in [0.29, 0.717) is 17.6 Å². The molecule has 2 amide bonds. The summed E-state index contributed by atoms with van der Waals surface area (Å²) in [6.45, 7) is 1.10. The first kappa shape index (κ1) is 21.6. The summed E-state index contributed by atoms with van der Waals surface area (Å²) in [4.78, 5) is 29.9. The number of carbonyl (C=O) groups is 2. The number of benzene rings is 1. The van der Waals surface area contributed by atoms with Crippen molar-refractivity contribution in [1.82, 2.24) is 15.2 Å². The van der Waals surface area contributed by atoms with Crippen LogP contribution in [0.4, 0.5) is 9.93 Å². The molecule has 2 fully saturated rings. The van der Waals surface area contributed by atoms with E-state index in [1.54, 1.807) is 7.11 Å². The summed E-state index contributed by atoms with van der Waals surface area (Å²) in [6.07, 6.45) is 5.17. The highest BCUT2D eigenvalue weighted by Crippen LogP contribution is 2.38. The van der Waals surface area contributed by atoms with Gasteiger partial charge in [0.15, 0.2) is 5.13 Å². The van der Waals surface area contributed by atoms with Crippen LogP contribution in [0.15, 0.2) is 23.6 Å². The van der Waals surface area contributed by atoms with Crippen LogP contribution < -0.4 is 15.4 Å². The van der Waals surface area contributed by atoms with Crippen LogP contribution in [0.25, 0.3) is 11.3 Å². The van der Waals surface area contributed by atoms with Gasteiger partial charge in [-0.3, -0.25) is 9.69 Å². The van der Waals surface area contributed by atoms with E-state index in [2.05, 4.69) is 27.8 Å². The Kier molecular flexibility index (Phi) is 6.72. The van der Waals surface area contributed by atoms with E-state index in [0.717, 1.165) is 21.9 Å². The van der Waals surface area contributed by atoms with E-state index in [1.165, 1.54) is 49.0 Å². The van der Waals surface area contributed by atoms with E-state index >= 15 is 0 Å². The number of hydrogen-bond donors (Lipinski definition) is 3. The Bertz CT molecular complexity index is 941. The van der Waals surface area contributed by atoms with Crippen molar-refractivity contribution >= 4 is 28.5 Å². The summed E-state index contributed by atoms with van der Waals surface area (Å²) in [5.74, 6) is 0.937. The van der Waals surface area contributed by atoms with Crippen molar-refractivity contribution in [2.75, 3.05) is 32.1 Å². The second-order valence-electron chi connectivity index (χ2n) is 8.02. The lowest BCUT2D eigenvalue weighted by Gasteiger charge is -2.32. The van der Waals surface area contributed by atoms with Crippen LogP contribution in [0.3, 0.4) is 0 Å². The van der Waals surface area contributed by atoms with Crippen LogP contribution in [0.1, 0.15) is 43.6 Å². The minimum absolute atomic E-state index is 0.279. The highest BCUT2D eigenvalue weighted by Gasteiger charge is 2.32. The van der Waals surface area contributed by atoms with Crippen molar-refractivity contribution in [3.8, 4) is 17.0 Å². The number of carboxylic acid groups (broad SMARTS) is 1. The summed E-state index contributed by atoms with van der Waals surface area (Å²) < 4.78 is 5.57. The number of methoxy groups -OCH3 is 1. The van der Waals surface area contributed by atoms with E-state index in [-0.39, 0.29) is 19.0 Å². The molecule has 4 rings (SSSR count). The molecule has 31 heavy (non-hydrogen) atoms. The molecule has 1 saturated heterocycles. The van der Waals surface area contributed by atoms with Crippen molar-refractivity contribution in [3.63, 3.8) is 0 Å². The Morgan fingerprint density at radius 2 is 2.10 bits per heavy atom. The molecule has 1 aliphatic carbocycles. The SMILES string of the molecule is COc1ccc(C2CCCCC2)cc1-c1csc(NC(=O)C2CNCCN2C(=O)O)n1. The van der Waals surface area contributed by atoms with Crippen molar-refractivity contribution in [2.24, 2.45) is 0 Å². The fourth-order valence-electron chi connectivity index (χ4n) is 4.43. The maximum atomic E-state index is 12.7. The average molecular weight is 445 g/mol. The number of carbonyl (C=O) groups excluding carboxylic acids is 1. The molecule has 1 aromatic carbocycles. The lowest BCUT2D eigenvalue weighted by molar-refractivity contribution is -0.121. The third kappa shape index (κ3) is 4.83. The Morgan fingerprint density at radius 3 is 2.84 bits per heavy atom. The first-order valence-electron chi connectivity index (χ1n) is 10.7. The van der Waals surface area contributed by atoms with Gasteiger partial charge in [0.1, 0.15) is 11.8 Å². The topological polar surface area (TPSA) is 104 Å². The van der Waals surface area contributed by atoms with Crippen LogP contribution >= 0.6 is 11.3 Å². The van der Waals surface area contributed by atoms with Crippen LogP contribution in [0.2, 0.25) is 0 Å². The highest BCUT2D eigenvalue weighted by molar-refractivity contribution is 7.14. The minimum atomic E-state index is -1.09. The number of amides is 2. The number of aromatic nitrogens is 1. The fourth-order valence-corrected chi connectivity index (χ4v) is 5.14. The molecule has 2 heterocycles. The van der Waals surface area contributed by atoms with Gasteiger partial charge < -0.3 is 20.5 Å². The van der Waals surface area contributed by atoms with Crippen molar-refractivity contribution < 1.29 is 19.4 Å². The second kappa shape index (κ2) is 9.65. The summed E-state index contributed by atoms with van der Waals surface area (Å²) >= 11 is 1.32. The summed E-state index contributed by atoms with van der Waals surface area (Å²) in [6, 6.07) is 5.52. The van der Waals surface area contributed by atoms with Crippen LogP contribution in [-0.2, 0) is 4.79 Å². The first-order valence-corrected chi connectivity index (χ1v) is 11.6. The molecule has 166 valence electrons. The number of rotatable bonds is 5. The van der Waals surface area contributed by atoms with Crippen molar-refractivity contribution in [2.45, 2.75) is 44.1 Å². The van der Waals surface area contributed by atoms with Gasteiger partial charge >= 0.3 is 6.09 Å². The Morgan fingerprint density at radius 1 is 1.29 bits per heavy atom. The number of nitrogens with zero attached hydrogens (tertiary/aromatic N) is 2. The number of anilines is 1. The van der Waals surface area contributed by atoms with Gasteiger partial charge in [-0.2, -0.15) is 0 Å². The lowest BCUT2D eigenvalue weighted by atomic mass is 9.83. The van der Waals surface area contributed by atoms with Gasteiger partial charge in [0.2, 0.25) is 5.91 Å². The zero-order valence-electron chi connectivity index (χ0n) is 17.6. The predicted octanol–water partition coefficient (Wildman–Crippen LogP) is 3.76. The largest absolute Gasteiger partial charge is 0.496 e. The molecule has 1 unspecified atom stereocenters. The standard InChI is InChI=1S/C22H28N4O4S/c1-30-19-8-7-15(14-5-3-2-4-6-14)11-16(19)17-13-31-21(24-17)25-20(27)18-12-23-9-10-26(18)22(28)29/h7-8,11,13-14,18,23H,2-6,9-10,12H2,1H3,(H,28,29)(H,24,25,27). The zero-order valence-corrected chi connectivity index (χ0v) is 18.4. The number of thiazole rings is 1. The number of ether oxygens (including phenoxy) is 1. The van der Waals surface area contributed by atoms with Gasteiger partial charge in [0.25, 0.3) is 0 Å². The molecule has 0 radical (unpaired) electrons. The maximum absolute atomic E-state index is 12.7. The molecule has 1 atom stereocenters. The highest BCUT2D eigenvalue weighted by atomic mass is 32.1. The molecular weight excluding hydrogens is 416 g/mol. The molecule has 9 heteroatoms. The van der Waals surface area contributed by atoms with Crippen LogP contribution in [0.5, 0.6) is 5.75 Å². The van der Waals surface area contributed by atoms with Crippen molar-refractivity contribution in [3.05, 3.63) is 29.1 Å². The second-order valence-corrected chi connectivity index (χ2v) is 8.88. The molecule has 0 bridgehead atoms. The molecule has 0 spiro atoms. The molecule has 3 N–H and O–H groups in total.